The van der Waals surface area contributed by atoms with Gasteiger partial charge in [0.1, 0.15) is 5.75 Å². The van der Waals surface area contributed by atoms with Crippen LogP contribution in [0.5, 0.6) is 5.75 Å². The van der Waals surface area contributed by atoms with Crippen LogP contribution < -0.4 is 4.74 Å². The molecule has 0 spiro atoms. The van der Waals surface area contributed by atoms with Crippen molar-refractivity contribution in [3.05, 3.63) is 64.6 Å². The van der Waals surface area contributed by atoms with Crippen LogP contribution in [0, 0.1) is 0 Å². The van der Waals surface area contributed by atoms with Crippen molar-refractivity contribution in [3.8, 4) is 11.4 Å². The molecule has 6 nitrogen and oxygen atoms in total. The molecule has 0 atom stereocenters. The summed E-state index contributed by atoms with van der Waals surface area (Å²) < 4.78 is 6.91. The second-order valence-corrected chi connectivity index (χ2v) is 7.84. The number of hydrogen-bond acceptors (Lipinski definition) is 5. The van der Waals surface area contributed by atoms with E-state index in [0.717, 1.165) is 50.6 Å². The number of carbonyl (C=O) groups is 1. The highest BCUT2D eigenvalue weighted by Crippen LogP contribution is 2.16. The number of nitrogens with zero attached hydrogens (tertiary/aromatic N) is 4. The van der Waals surface area contributed by atoms with Gasteiger partial charge in [0.15, 0.2) is 5.69 Å². The minimum atomic E-state index is 0.00479. The molecule has 0 bridgehead atoms. The minimum Gasteiger partial charge on any atom is -0.497 e. The Morgan fingerprint density at radius 3 is 2.57 bits per heavy atom. The van der Waals surface area contributed by atoms with Crippen molar-refractivity contribution < 1.29 is 9.53 Å². The predicted octanol–water partition coefficient (Wildman–Crippen LogP) is 2.94. The van der Waals surface area contributed by atoms with Gasteiger partial charge in [0.2, 0.25) is 0 Å². The zero-order valence-electron chi connectivity index (χ0n) is 16.0. The van der Waals surface area contributed by atoms with E-state index >= 15 is 0 Å². The van der Waals surface area contributed by atoms with Crippen molar-refractivity contribution >= 4 is 17.2 Å². The molecule has 1 aliphatic rings. The van der Waals surface area contributed by atoms with Crippen molar-refractivity contribution in [2.75, 3.05) is 39.8 Å². The maximum absolute atomic E-state index is 12.8. The van der Waals surface area contributed by atoms with E-state index in [2.05, 4.69) is 27.5 Å². The summed E-state index contributed by atoms with van der Waals surface area (Å²) >= 11 is 1.81. The fourth-order valence-electron chi connectivity index (χ4n) is 3.38. The van der Waals surface area contributed by atoms with E-state index in [9.17, 15) is 4.79 Å². The first-order chi connectivity index (χ1) is 13.7. The molecular weight excluding hydrogens is 372 g/mol. The molecule has 0 unspecified atom stereocenters. The van der Waals surface area contributed by atoms with Gasteiger partial charge in [-0.1, -0.05) is 6.07 Å². The highest BCUT2D eigenvalue weighted by Gasteiger charge is 2.23. The molecular formula is C21H24N4O2S. The summed E-state index contributed by atoms with van der Waals surface area (Å²) in [6.45, 7) is 4.37. The van der Waals surface area contributed by atoms with E-state index in [1.807, 2.05) is 46.7 Å². The van der Waals surface area contributed by atoms with Gasteiger partial charge in [0, 0.05) is 43.8 Å². The smallest absolute Gasteiger partial charge is 0.274 e. The number of benzene rings is 1. The van der Waals surface area contributed by atoms with Crippen LogP contribution in [0.4, 0.5) is 0 Å². The number of amides is 1. The normalized spacial score (nSPS) is 15.0. The average Bonchev–Trinajstić information content (AvgIpc) is 3.44. The third-order valence-electron chi connectivity index (χ3n) is 5.06. The minimum absolute atomic E-state index is 0.00479. The van der Waals surface area contributed by atoms with Crippen LogP contribution in [0.3, 0.4) is 0 Å². The molecule has 0 radical (unpaired) electrons. The highest BCUT2D eigenvalue weighted by atomic mass is 32.1. The second-order valence-electron chi connectivity index (χ2n) is 6.81. The largest absolute Gasteiger partial charge is 0.497 e. The maximum Gasteiger partial charge on any atom is 0.274 e. The number of rotatable bonds is 6. The van der Waals surface area contributed by atoms with Crippen LogP contribution in [-0.2, 0) is 6.42 Å². The van der Waals surface area contributed by atoms with Crippen molar-refractivity contribution in [2.45, 2.75) is 6.42 Å². The van der Waals surface area contributed by atoms with Crippen LogP contribution in [-0.4, -0.2) is 65.3 Å². The Morgan fingerprint density at radius 2 is 1.89 bits per heavy atom. The Balaban J connectivity index is 1.32. The number of aromatic nitrogens is 2. The van der Waals surface area contributed by atoms with Gasteiger partial charge in [0.25, 0.3) is 5.91 Å². The fourth-order valence-corrected chi connectivity index (χ4v) is 4.07. The van der Waals surface area contributed by atoms with Crippen molar-refractivity contribution in [1.29, 1.82) is 0 Å². The average molecular weight is 397 g/mol. The molecule has 1 aromatic carbocycles. The molecule has 146 valence electrons. The Kier molecular flexibility index (Phi) is 5.73. The van der Waals surface area contributed by atoms with E-state index in [0.29, 0.717) is 5.69 Å². The van der Waals surface area contributed by atoms with E-state index in [4.69, 9.17) is 4.74 Å². The lowest BCUT2D eigenvalue weighted by Crippen LogP contribution is -2.49. The fraction of sp³-hybridized carbons (Fsp3) is 0.333. The maximum atomic E-state index is 12.8. The van der Waals surface area contributed by atoms with E-state index in [1.165, 1.54) is 4.88 Å². The van der Waals surface area contributed by atoms with Gasteiger partial charge in [-0.2, -0.15) is 5.10 Å². The van der Waals surface area contributed by atoms with Crippen LogP contribution >= 0.6 is 11.3 Å². The van der Waals surface area contributed by atoms with Gasteiger partial charge in [0.05, 0.1) is 12.8 Å². The van der Waals surface area contributed by atoms with Gasteiger partial charge in [-0.15, -0.1) is 11.3 Å². The van der Waals surface area contributed by atoms with Gasteiger partial charge < -0.3 is 9.64 Å². The molecule has 3 heterocycles. The summed E-state index contributed by atoms with van der Waals surface area (Å²) in [6.07, 6.45) is 2.91. The van der Waals surface area contributed by atoms with Gasteiger partial charge in [-0.3, -0.25) is 9.69 Å². The molecule has 3 aromatic rings. The van der Waals surface area contributed by atoms with E-state index in [1.54, 1.807) is 17.9 Å². The molecule has 0 saturated carbocycles. The molecule has 0 aliphatic carbocycles. The summed E-state index contributed by atoms with van der Waals surface area (Å²) in [5.74, 6) is 0.800. The Morgan fingerprint density at radius 1 is 1.11 bits per heavy atom. The van der Waals surface area contributed by atoms with Crippen molar-refractivity contribution in [1.82, 2.24) is 19.6 Å². The number of ether oxygens (including phenoxy) is 1. The monoisotopic (exact) mass is 396 g/mol. The standard InChI is InChI=1S/C21H24N4O2S/c1-27-18-6-4-17(5-7-18)25-11-9-20(22-25)21(26)24-14-12-23(13-15-24)10-8-19-3-2-16-28-19/h2-7,9,11,16H,8,10,12-15H2,1H3. The lowest BCUT2D eigenvalue weighted by atomic mass is 10.2. The zero-order chi connectivity index (χ0) is 19.3. The Hall–Kier alpha value is -2.64. The van der Waals surface area contributed by atoms with Crippen LogP contribution in [0.1, 0.15) is 15.4 Å². The summed E-state index contributed by atoms with van der Waals surface area (Å²) in [6, 6.07) is 13.7. The molecule has 2 aromatic heterocycles. The van der Waals surface area contributed by atoms with Gasteiger partial charge in [-0.25, -0.2) is 4.68 Å². The van der Waals surface area contributed by atoms with Gasteiger partial charge >= 0.3 is 0 Å². The summed E-state index contributed by atoms with van der Waals surface area (Å²) in [4.78, 5) is 18.6. The second kappa shape index (κ2) is 8.58. The molecule has 4 rings (SSSR count). The van der Waals surface area contributed by atoms with Crippen LogP contribution in [0.25, 0.3) is 5.69 Å². The zero-order valence-corrected chi connectivity index (χ0v) is 16.8. The van der Waals surface area contributed by atoms with Crippen molar-refractivity contribution in [3.63, 3.8) is 0 Å². The van der Waals surface area contributed by atoms with E-state index < -0.39 is 0 Å². The first-order valence-corrected chi connectivity index (χ1v) is 10.3. The Labute approximate surface area is 169 Å². The SMILES string of the molecule is COc1ccc(-n2ccc(C(=O)N3CCN(CCc4cccs4)CC3)n2)cc1. The lowest BCUT2D eigenvalue weighted by molar-refractivity contribution is 0.0632. The molecule has 1 saturated heterocycles. The highest BCUT2D eigenvalue weighted by molar-refractivity contribution is 7.09. The topological polar surface area (TPSA) is 50.6 Å². The quantitative estimate of drug-likeness (QED) is 0.643. The molecule has 1 fully saturated rings. The number of carbonyl (C=O) groups excluding carboxylic acids is 1. The molecule has 1 amide bonds. The number of piperazine rings is 1. The first kappa shape index (κ1) is 18.7. The van der Waals surface area contributed by atoms with Crippen LogP contribution in [0.2, 0.25) is 0 Å². The molecule has 1 aliphatic heterocycles. The molecule has 7 heteroatoms. The third-order valence-corrected chi connectivity index (χ3v) is 6.00. The van der Waals surface area contributed by atoms with Crippen molar-refractivity contribution in [2.24, 2.45) is 0 Å². The number of methoxy groups -OCH3 is 1. The van der Waals surface area contributed by atoms with Crippen LogP contribution in [0.15, 0.2) is 54.0 Å². The Bertz CT molecular complexity index is 897. The first-order valence-electron chi connectivity index (χ1n) is 9.47. The number of hydrogen-bond donors (Lipinski definition) is 0. The summed E-state index contributed by atoms with van der Waals surface area (Å²) in [5, 5.41) is 6.59. The van der Waals surface area contributed by atoms with E-state index in [-0.39, 0.29) is 5.91 Å². The molecule has 0 N–H and O–H groups in total. The summed E-state index contributed by atoms with van der Waals surface area (Å²) in [5.41, 5.74) is 1.39. The third kappa shape index (κ3) is 4.26. The summed E-state index contributed by atoms with van der Waals surface area (Å²) in [7, 11) is 1.64. The predicted molar refractivity (Wildman–Crippen MR) is 110 cm³/mol. The van der Waals surface area contributed by atoms with Gasteiger partial charge in [-0.05, 0) is 48.2 Å². The lowest BCUT2D eigenvalue weighted by Gasteiger charge is -2.34. The number of thiophene rings is 1. The molecule has 28 heavy (non-hydrogen) atoms.